The highest BCUT2D eigenvalue weighted by atomic mass is 16.5. The molecule has 0 saturated carbocycles. The average molecular weight is 303 g/mol. The van der Waals surface area contributed by atoms with Crippen molar-refractivity contribution in [2.24, 2.45) is 0 Å². The predicted octanol–water partition coefficient (Wildman–Crippen LogP) is 3.33. The summed E-state index contributed by atoms with van der Waals surface area (Å²) in [5.74, 6) is -0.668. The molecule has 0 saturated heterocycles. The van der Waals surface area contributed by atoms with Crippen molar-refractivity contribution in [1.82, 2.24) is 5.32 Å². The molecule has 0 aliphatic carbocycles. The number of benzene rings is 1. The van der Waals surface area contributed by atoms with Gasteiger partial charge in [-0.2, -0.15) is 0 Å². The number of Topliss-reactive ketones (excluding diaryl/α,β-unsaturated/α-hetero) is 1. The van der Waals surface area contributed by atoms with Crippen molar-refractivity contribution in [3.8, 4) is 0 Å². The lowest BCUT2D eigenvalue weighted by Crippen LogP contribution is -2.41. The van der Waals surface area contributed by atoms with Crippen LogP contribution in [-0.4, -0.2) is 24.9 Å². The average Bonchev–Trinajstić information content (AvgIpc) is 2.55. The molecule has 1 aromatic carbocycles. The maximum atomic E-state index is 12.2. The van der Waals surface area contributed by atoms with E-state index in [0.717, 1.165) is 31.2 Å². The summed E-state index contributed by atoms with van der Waals surface area (Å²) < 4.78 is 4.71. The van der Waals surface area contributed by atoms with Crippen molar-refractivity contribution in [2.75, 3.05) is 7.11 Å². The Bertz CT molecular complexity index is 482. The Balaban J connectivity index is 2.55. The van der Waals surface area contributed by atoms with Crippen LogP contribution in [0.2, 0.25) is 0 Å². The van der Waals surface area contributed by atoms with Gasteiger partial charge in [0, 0.05) is 6.42 Å². The number of hydrogen-bond acceptors (Lipinski definition) is 4. The molecule has 1 N–H and O–H groups in total. The second kappa shape index (κ2) is 10.6. The molecule has 1 aromatic rings. The first-order valence-electron chi connectivity index (χ1n) is 7.77. The van der Waals surface area contributed by atoms with Crippen molar-refractivity contribution in [1.29, 1.82) is 0 Å². The van der Waals surface area contributed by atoms with Crippen LogP contribution < -0.4 is 5.32 Å². The number of carbonyl (C=O) groups is 2. The van der Waals surface area contributed by atoms with Crippen LogP contribution in [0.1, 0.15) is 44.6 Å². The minimum absolute atomic E-state index is 0.124. The predicted molar refractivity (Wildman–Crippen MR) is 88.2 cm³/mol. The number of carbonyl (C=O) groups excluding carboxylic acids is 2. The number of ether oxygens (including phenoxy) is 1. The molecule has 0 amide bonds. The third-order valence-corrected chi connectivity index (χ3v) is 3.37. The minimum atomic E-state index is -0.924. The van der Waals surface area contributed by atoms with E-state index in [1.54, 1.807) is 6.20 Å². The lowest BCUT2D eigenvalue weighted by Gasteiger charge is -2.13. The van der Waals surface area contributed by atoms with Crippen molar-refractivity contribution in [3.63, 3.8) is 0 Å². The van der Waals surface area contributed by atoms with E-state index >= 15 is 0 Å². The van der Waals surface area contributed by atoms with E-state index in [9.17, 15) is 9.59 Å². The second-order valence-electron chi connectivity index (χ2n) is 5.14. The zero-order valence-corrected chi connectivity index (χ0v) is 13.4. The number of unbranched alkanes of at least 4 members (excludes halogenated alkanes) is 3. The second-order valence-corrected chi connectivity index (χ2v) is 5.14. The Hall–Kier alpha value is -2.10. The van der Waals surface area contributed by atoms with Crippen LogP contribution in [0.15, 0.2) is 36.5 Å². The summed E-state index contributed by atoms with van der Waals surface area (Å²) >= 11 is 0. The fourth-order valence-corrected chi connectivity index (χ4v) is 2.09. The van der Waals surface area contributed by atoms with Gasteiger partial charge in [0.15, 0.2) is 11.8 Å². The molecule has 0 heterocycles. The largest absolute Gasteiger partial charge is 0.467 e. The Kier molecular flexibility index (Phi) is 8.65. The molecule has 0 aliphatic rings. The van der Waals surface area contributed by atoms with Crippen LogP contribution in [0, 0.1) is 0 Å². The fraction of sp³-hybridized carbons (Fsp3) is 0.444. The SMILES string of the molecule is CCCCCCC(=O)C(NC=Cc1ccccc1)C(=O)OC. The summed E-state index contributed by atoms with van der Waals surface area (Å²) in [6, 6.07) is 8.75. The van der Waals surface area contributed by atoms with Crippen LogP contribution in [0.5, 0.6) is 0 Å². The lowest BCUT2D eigenvalue weighted by atomic mass is 10.0. The smallest absolute Gasteiger partial charge is 0.336 e. The zero-order chi connectivity index (χ0) is 16.2. The summed E-state index contributed by atoms with van der Waals surface area (Å²) in [6.07, 6.45) is 7.89. The molecule has 1 atom stereocenters. The first-order valence-corrected chi connectivity index (χ1v) is 7.77. The van der Waals surface area contributed by atoms with Gasteiger partial charge in [-0.05, 0) is 24.3 Å². The number of hydrogen-bond donors (Lipinski definition) is 1. The van der Waals surface area contributed by atoms with Gasteiger partial charge in [0.2, 0.25) is 0 Å². The molecule has 4 heteroatoms. The third-order valence-electron chi connectivity index (χ3n) is 3.37. The Morgan fingerprint density at radius 2 is 1.91 bits per heavy atom. The van der Waals surface area contributed by atoms with Gasteiger partial charge in [-0.3, -0.25) is 4.79 Å². The minimum Gasteiger partial charge on any atom is -0.467 e. The van der Waals surface area contributed by atoms with E-state index in [2.05, 4.69) is 12.2 Å². The molecular formula is C18H25NO3. The maximum Gasteiger partial charge on any atom is 0.336 e. The third kappa shape index (κ3) is 6.57. The van der Waals surface area contributed by atoms with Crippen LogP contribution in [0.4, 0.5) is 0 Å². The van der Waals surface area contributed by atoms with E-state index < -0.39 is 12.0 Å². The number of nitrogens with one attached hydrogen (secondary N) is 1. The Morgan fingerprint density at radius 1 is 1.18 bits per heavy atom. The summed E-state index contributed by atoms with van der Waals surface area (Å²) in [7, 11) is 1.29. The number of rotatable bonds is 10. The van der Waals surface area contributed by atoms with Gasteiger partial charge in [0.1, 0.15) is 0 Å². The van der Waals surface area contributed by atoms with Crippen LogP contribution >= 0.6 is 0 Å². The highest BCUT2D eigenvalue weighted by Gasteiger charge is 2.25. The number of esters is 1. The molecule has 1 rings (SSSR count). The quantitative estimate of drug-likeness (QED) is 0.409. The van der Waals surface area contributed by atoms with E-state index in [-0.39, 0.29) is 5.78 Å². The first kappa shape index (κ1) is 18.0. The molecule has 4 nitrogen and oxygen atoms in total. The van der Waals surface area contributed by atoms with Gasteiger partial charge in [0.25, 0.3) is 0 Å². The van der Waals surface area contributed by atoms with E-state index in [1.165, 1.54) is 7.11 Å². The van der Waals surface area contributed by atoms with Crippen molar-refractivity contribution >= 4 is 17.8 Å². The maximum absolute atomic E-state index is 12.2. The van der Waals surface area contributed by atoms with E-state index in [1.807, 2.05) is 36.4 Å². The van der Waals surface area contributed by atoms with Gasteiger partial charge >= 0.3 is 5.97 Å². The fourth-order valence-electron chi connectivity index (χ4n) is 2.09. The molecule has 22 heavy (non-hydrogen) atoms. The Morgan fingerprint density at radius 3 is 2.55 bits per heavy atom. The van der Waals surface area contributed by atoms with Crippen molar-refractivity contribution in [2.45, 2.75) is 45.1 Å². The zero-order valence-electron chi connectivity index (χ0n) is 13.4. The van der Waals surface area contributed by atoms with Crippen LogP contribution in [-0.2, 0) is 14.3 Å². The summed E-state index contributed by atoms with van der Waals surface area (Å²) in [6.45, 7) is 2.12. The van der Waals surface area contributed by atoms with Crippen LogP contribution in [0.25, 0.3) is 6.08 Å². The van der Waals surface area contributed by atoms with E-state index in [0.29, 0.717) is 6.42 Å². The lowest BCUT2D eigenvalue weighted by molar-refractivity contribution is -0.146. The molecule has 0 spiro atoms. The van der Waals surface area contributed by atoms with Gasteiger partial charge in [-0.1, -0.05) is 56.5 Å². The van der Waals surface area contributed by atoms with Gasteiger partial charge in [-0.25, -0.2) is 4.79 Å². The Labute approximate surface area is 132 Å². The van der Waals surface area contributed by atoms with Gasteiger partial charge in [0.05, 0.1) is 7.11 Å². The van der Waals surface area contributed by atoms with Crippen LogP contribution in [0.3, 0.4) is 0 Å². The summed E-state index contributed by atoms with van der Waals surface area (Å²) in [5, 5.41) is 2.85. The summed E-state index contributed by atoms with van der Waals surface area (Å²) in [4.78, 5) is 23.9. The molecule has 1 unspecified atom stereocenters. The normalized spacial score (nSPS) is 12.1. The monoisotopic (exact) mass is 303 g/mol. The molecule has 120 valence electrons. The molecule has 0 aromatic heterocycles. The standard InChI is InChI=1S/C18H25NO3/c1-3-4-5-9-12-16(20)17(18(21)22-2)19-14-13-15-10-7-6-8-11-15/h6-8,10-11,13-14,17,19H,3-5,9,12H2,1-2H3. The van der Waals surface area contributed by atoms with E-state index in [4.69, 9.17) is 4.74 Å². The van der Waals surface area contributed by atoms with Gasteiger partial charge in [-0.15, -0.1) is 0 Å². The molecule has 0 bridgehead atoms. The molecule has 0 radical (unpaired) electrons. The number of methoxy groups -OCH3 is 1. The number of ketones is 1. The molecule has 0 fully saturated rings. The highest BCUT2D eigenvalue weighted by molar-refractivity contribution is 6.03. The molecule has 0 aliphatic heterocycles. The van der Waals surface area contributed by atoms with Crippen molar-refractivity contribution in [3.05, 3.63) is 42.1 Å². The topological polar surface area (TPSA) is 55.4 Å². The van der Waals surface area contributed by atoms with Gasteiger partial charge < -0.3 is 10.1 Å². The molecular weight excluding hydrogens is 278 g/mol. The summed E-state index contributed by atoms with van der Waals surface area (Å²) in [5.41, 5.74) is 0.994. The highest BCUT2D eigenvalue weighted by Crippen LogP contribution is 2.06. The van der Waals surface area contributed by atoms with Crippen molar-refractivity contribution < 1.29 is 14.3 Å². The first-order chi connectivity index (χ1) is 10.7.